The number of unbranched alkanes of at least 4 members (excludes halogenated alkanes) is 1. The maximum absolute atomic E-state index is 13.7. The van der Waals surface area contributed by atoms with Crippen LogP contribution in [0.5, 0.6) is 0 Å². The second-order valence-corrected chi connectivity index (χ2v) is 10.4. The summed E-state index contributed by atoms with van der Waals surface area (Å²) < 4.78 is 10.2. The summed E-state index contributed by atoms with van der Waals surface area (Å²) in [6, 6.07) is -2.36. The molecule has 0 bridgehead atoms. The third-order valence-corrected chi connectivity index (χ3v) is 7.53. The van der Waals surface area contributed by atoms with Gasteiger partial charge in [0.15, 0.2) is 0 Å². The Hall–Kier alpha value is -2.69. The summed E-state index contributed by atoms with van der Waals surface area (Å²) in [4.78, 5) is 66.9. The molecule has 11 heteroatoms. The van der Waals surface area contributed by atoms with E-state index in [9.17, 15) is 24.0 Å². The Balaban J connectivity index is 2.18. The van der Waals surface area contributed by atoms with Crippen LogP contribution in [0.4, 0.5) is 4.79 Å². The fraction of sp³-hybridized carbons (Fsp3) is 0.815. The minimum atomic E-state index is -1.15. The molecule has 2 unspecified atom stereocenters. The first-order valence-electron chi connectivity index (χ1n) is 14.1. The predicted molar refractivity (Wildman–Crippen MR) is 141 cm³/mol. The number of urea groups is 1. The Labute approximate surface area is 226 Å². The van der Waals surface area contributed by atoms with Crippen molar-refractivity contribution in [2.75, 3.05) is 33.4 Å². The lowest BCUT2D eigenvalue weighted by molar-refractivity contribution is -0.148. The van der Waals surface area contributed by atoms with E-state index >= 15 is 0 Å². The minimum absolute atomic E-state index is 0.228. The largest absolute Gasteiger partial charge is 0.467 e. The molecule has 216 valence electrons. The lowest BCUT2D eigenvalue weighted by atomic mass is 9.80. The molecule has 0 aromatic heterocycles. The second kappa shape index (κ2) is 15.7. The number of nitrogens with one attached hydrogen (secondary N) is 3. The minimum Gasteiger partial charge on any atom is -0.467 e. The smallest absolute Gasteiger partial charge is 0.328 e. The van der Waals surface area contributed by atoms with Crippen LogP contribution in [0.2, 0.25) is 0 Å². The SMILES string of the molecule is CCCCC(NC(=O)C1(NC(=O)N2CCOCC2)CCCCC1)C(=O)C(=O)N[C@H](C(=O)OC)C(C)CCC. The van der Waals surface area contributed by atoms with E-state index in [-0.39, 0.29) is 18.4 Å². The summed E-state index contributed by atoms with van der Waals surface area (Å²) in [5.74, 6) is -3.04. The van der Waals surface area contributed by atoms with Gasteiger partial charge in [-0.05, 0) is 31.6 Å². The normalized spacial score (nSPS) is 19.4. The van der Waals surface area contributed by atoms with E-state index in [1.807, 2.05) is 20.8 Å². The molecule has 0 spiro atoms. The van der Waals surface area contributed by atoms with Gasteiger partial charge < -0.3 is 30.3 Å². The van der Waals surface area contributed by atoms with E-state index in [0.29, 0.717) is 52.0 Å². The molecular weight excluding hydrogens is 492 g/mol. The summed E-state index contributed by atoms with van der Waals surface area (Å²) in [5, 5.41) is 8.30. The van der Waals surface area contributed by atoms with Crippen molar-refractivity contribution in [3.05, 3.63) is 0 Å². The lowest BCUT2D eigenvalue weighted by Gasteiger charge is -2.39. The summed E-state index contributed by atoms with van der Waals surface area (Å²) in [6.07, 6.45) is 6.50. The van der Waals surface area contributed by atoms with Gasteiger partial charge in [0.1, 0.15) is 11.6 Å². The monoisotopic (exact) mass is 538 g/mol. The Morgan fingerprint density at radius 1 is 0.947 bits per heavy atom. The highest BCUT2D eigenvalue weighted by molar-refractivity contribution is 6.38. The summed E-state index contributed by atoms with van der Waals surface area (Å²) in [7, 11) is 1.24. The first-order chi connectivity index (χ1) is 18.2. The number of ketones is 1. The fourth-order valence-electron chi connectivity index (χ4n) is 5.14. The van der Waals surface area contributed by atoms with Gasteiger partial charge in [0.05, 0.1) is 26.4 Å². The maximum Gasteiger partial charge on any atom is 0.328 e. The Kier molecular flexibility index (Phi) is 13.0. The van der Waals surface area contributed by atoms with E-state index in [0.717, 1.165) is 32.1 Å². The first kappa shape index (κ1) is 31.5. The number of amides is 4. The highest BCUT2D eigenvalue weighted by atomic mass is 16.5. The zero-order valence-corrected chi connectivity index (χ0v) is 23.4. The van der Waals surface area contributed by atoms with Crippen LogP contribution in [-0.2, 0) is 28.7 Å². The Morgan fingerprint density at radius 3 is 2.18 bits per heavy atom. The molecule has 11 nitrogen and oxygen atoms in total. The van der Waals surface area contributed by atoms with Crippen molar-refractivity contribution in [3.63, 3.8) is 0 Å². The number of rotatable bonds is 13. The maximum atomic E-state index is 13.7. The molecule has 1 aliphatic heterocycles. The first-order valence-corrected chi connectivity index (χ1v) is 14.1. The van der Waals surface area contributed by atoms with Crippen LogP contribution in [0.15, 0.2) is 0 Å². The van der Waals surface area contributed by atoms with Gasteiger partial charge in [-0.25, -0.2) is 9.59 Å². The molecule has 0 aromatic carbocycles. The second-order valence-electron chi connectivity index (χ2n) is 10.4. The van der Waals surface area contributed by atoms with E-state index in [1.165, 1.54) is 7.11 Å². The lowest BCUT2D eigenvalue weighted by Crippen LogP contribution is -2.65. The molecule has 3 atom stereocenters. The predicted octanol–water partition coefficient (Wildman–Crippen LogP) is 2.07. The fourth-order valence-corrected chi connectivity index (χ4v) is 5.14. The highest BCUT2D eigenvalue weighted by Crippen LogP contribution is 2.29. The van der Waals surface area contributed by atoms with Gasteiger partial charge in [-0.15, -0.1) is 0 Å². The molecular formula is C27H46N4O7. The molecule has 3 N–H and O–H groups in total. The number of esters is 1. The summed E-state index contributed by atoms with van der Waals surface area (Å²) >= 11 is 0. The van der Waals surface area contributed by atoms with Crippen molar-refractivity contribution in [1.82, 2.24) is 20.9 Å². The molecule has 1 saturated heterocycles. The molecule has 1 aliphatic carbocycles. The number of morpholine rings is 1. The van der Waals surface area contributed by atoms with Crippen molar-refractivity contribution < 1.29 is 33.4 Å². The van der Waals surface area contributed by atoms with Crippen LogP contribution in [-0.4, -0.2) is 85.5 Å². The van der Waals surface area contributed by atoms with E-state index in [4.69, 9.17) is 9.47 Å². The number of nitrogens with zero attached hydrogens (tertiary/aromatic N) is 1. The van der Waals surface area contributed by atoms with Gasteiger partial charge in [-0.3, -0.25) is 14.4 Å². The molecule has 0 radical (unpaired) electrons. The number of hydrogen-bond acceptors (Lipinski definition) is 7. The molecule has 2 fully saturated rings. The van der Waals surface area contributed by atoms with Gasteiger partial charge in [-0.2, -0.15) is 0 Å². The van der Waals surface area contributed by atoms with Crippen LogP contribution < -0.4 is 16.0 Å². The van der Waals surface area contributed by atoms with Gasteiger partial charge in [0.25, 0.3) is 5.91 Å². The van der Waals surface area contributed by atoms with Crippen molar-refractivity contribution in [1.29, 1.82) is 0 Å². The quantitative estimate of drug-likeness (QED) is 0.241. The van der Waals surface area contributed by atoms with Gasteiger partial charge in [-0.1, -0.05) is 59.3 Å². The third-order valence-electron chi connectivity index (χ3n) is 7.53. The van der Waals surface area contributed by atoms with Crippen molar-refractivity contribution in [3.8, 4) is 0 Å². The van der Waals surface area contributed by atoms with E-state index in [1.54, 1.807) is 4.90 Å². The number of methoxy groups -OCH3 is 1. The molecule has 1 heterocycles. The average molecular weight is 539 g/mol. The van der Waals surface area contributed by atoms with Crippen LogP contribution in [0.3, 0.4) is 0 Å². The van der Waals surface area contributed by atoms with E-state index < -0.39 is 41.2 Å². The average Bonchev–Trinajstić information content (AvgIpc) is 2.93. The zero-order valence-electron chi connectivity index (χ0n) is 23.4. The molecule has 2 rings (SSSR count). The number of Topliss-reactive ketones (excluding diaryl/α,β-unsaturated/α-hetero) is 1. The molecule has 4 amide bonds. The molecule has 0 aromatic rings. The Bertz CT molecular complexity index is 822. The number of hydrogen-bond donors (Lipinski definition) is 3. The van der Waals surface area contributed by atoms with Crippen LogP contribution in [0.1, 0.15) is 85.0 Å². The molecule has 38 heavy (non-hydrogen) atoms. The molecule has 2 aliphatic rings. The third kappa shape index (κ3) is 8.68. The summed E-state index contributed by atoms with van der Waals surface area (Å²) in [5.41, 5.74) is -1.15. The van der Waals surface area contributed by atoms with Gasteiger partial charge >= 0.3 is 12.0 Å². The van der Waals surface area contributed by atoms with Crippen LogP contribution >= 0.6 is 0 Å². The summed E-state index contributed by atoms with van der Waals surface area (Å²) in [6.45, 7) is 7.51. The van der Waals surface area contributed by atoms with E-state index in [2.05, 4.69) is 16.0 Å². The van der Waals surface area contributed by atoms with Gasteiger partial charge in [0, 0.05) is 13.1 Å². The number of carbonyl (C=O) groups excluding carboxylic acids is 5. The number of ether oxygens (including phenoxy) is 2. The topological polar surface area (TPSA) is 143 Å². The molecule has 1 saturated carbocycles. The van der Waals surface area contributed by atoms with Crippen LogP contribution in [0, 0.1) is 5.92 Å². The van der Waals surface area contributed by atoms with Crippen molar-refractivity contribution in [2.24, 2.45) is 5.92 Å². The van der Waals surface area contributed by atoms with Crippen molar-refractivity contribution >= 4 is 29.6 Å². The Morgan fingerprint density at radius 2 is 1.61 bits per heavy atom. The highest BCUT2D eigenvalue weighted by Gasteiger charge is 2.44. The standard InChI is InChI=1S/C27H46N4O7/c1-5-7-12-20(22(32)23(33)29-21(24(34)37-4)19(3)11-6-2)28-25(35)27(13-9-8-10-14-27)30-26(36)31-15-17-38-18-16-31/h19-21H,5-18H2,1-4H3,(H,28,35)(H,29,33)(H,30,36)/t19?,20?,21-/m0/s1. The zero-order chi connectivity index (χ0) is 28.1. The van der Waals surface area contributed by atoms with Gasteiger partial charge in [0.2, 0.25) is 11.7 Å². The number of carbonyl (C=O) groups is 5. The van der Waals surface area contributed by atoms with Crippen molar-refractivity contribution in [2.45, 2.75) is 103 Å². The van der Waals surface area contributed by atoms with Crippen LogP contribution in [0.25, 0.3) is 0 Å².